The smallest absolute Gasteiger partial charge is 0.157 e. The van der Waals surface area contributed by atoms with Crippen LogP contribution >= 0.6 is 0 Å². The molecular formula is C14H21N5O. The summed E-state index contributed by atoms with van der Waals surface area (Å²) in [6, 6.07) is 4.09. The Labute approximate surface area is 118 Å². The Bertz CT molecular complexity index is 574. The van der Waals surface area contributed by atoms with Gasteiger partial charge in [0.1, 0.15) is 5.82 Å². The molecule has 1 aliphatic heterocycles. The highest BCUT2D eigenvalue weighted by molar-refractivity contribution is 5.51. The summed E-state index contributed by atoms with van der Waals surface area (Å²) >= 11 is 0. The normalized spacial score (nSPS) is 17.0. The van der Waals surface area contributed by atoms with Gasteiger partial charge in [-0.2, -0.15) is 9.61 Å². The van der Waals surface area contributed by atoms with Crippen molar-refractivity contribution < 1.29 is 5.11 Å². The van der Waals surface area contributed by atoms with E-state index in [1.54, 1.807) is 6.20 Å². The third-order valence-corrected chi connectivity index (χ3v) is 3.87. The van der Waals surface area contributed by atoms with Crippen LogP contribution in [0.5, 0.6) is 0 Å². The molecule has 2 aromatic rings. The van der Waals surface area contributed by atoms with Crippen molar-refractivity contribution in [3.8, 4) is 0 Å². The Kier molecular flexibility index (Phi) is 3.84. The Morgan fingerprint density at radius 2 is 2.05 bits per heavy atom. The van der Waals surface area contributed by atoms with E-state index in [9.17, 15) is 0 Å². The van der Waals surface area contributed by atoms with Gasteiger partial charge >= 0.3 is 0 Å². The lowest BCUT2D eigenvalue weighted by Gasteiger charge is -2.35. The Morgan fingerprint density at radius 1 is 1.25 bits per heavy atom. The Balaban J connectivity index is 1.85. The quantitative estimate of drug-likeness (QED) is 0.875. The number of hydrogen-bond donors (Lipinski definition) is 1. The van der Waals surface area contributed by atoms with Crippen molar-refractivity contribution in [2.45, 2.75) is 13.3 Å². The van der Waals surface area contributed by atoms with Crippen molar-refractivity contribution in [1.29, 1.82) is 0 Å². The van der Waals surface area contributed by atoms with Crippen molar-refractivity contribution in [1.82, 2.24) is 19.5 Å². The predicted octanol–water partition coefficient (Wildman–Crippen LogP) is 0.406. The molecule has 0 radical (unpaired) electrons. The molecule has 0 bridgehead atoms. The molecule has 2 aromatic heterocycles. The van der Waals surface area contributed by atoms with Gasteiger partial charge in [0.15, 0.2) is 5.65 Å². The maximum atomic E-state index is 9.01. The van der Waals surface area contributed by atoms with Gasteiger partial charge in [-0.3, -0.25) is 4.90 Å². The standard InChI is InChI=1S/C14H21N5O/c1-2-12-11-14(19-13(16-12)3-4-15-19)18-7-5-17(6-8-18)9-10-20/h3-4,11,20H,2,5-10H2,1H3. The van der Waals surface area contributed by atoms with Gasteiger partial charge in [0, 0.05) is 50.6 Å². The molecule has 108 valence electrons. The van der Waals surface area contributed by atoms with Gasteiger partial charge in [0.05, 0.1) is 12.8 Å². The molecule has 0 atom stereocenters. The molecule has 0 spiro atoms. The van der Waals surface area contributed by atoms with Crippen LogP contribution < -0.4 is 4.90 Å². The van der Waals surface area contributed by atoms with E-state index in [1.807, 2.05) is 10.6 Å². The molecule has 1 saturated heterocycles. The maximum absolute atomic E-state index is 9.01. The topological polar surface area (TPSA) is 56.9 Å². The number of aryl methyl sites for hydroxylation is 1. The van der Waals surface area contributed by atoms with Crippen LogP contribution in [0.1, 0.15) is 12.6 Å². The highest BCUT2D eigenvalue weighted by Crippen LogP contribution is 2.19. The zero-order valence-electron chi connectivity index (χ0n) is 11.9. The van der Waals surface area contributed by atoms with Crippen LogP contribution in [0.2, 0.25) is 0 Å². The first-order valence-electron chi connectivity index (χ1n) is 7.23. The minimum atomic E-state index is 0.235. The number of piperazine rings is 1. The van der Waals surface area contributed by atoms with Crippen LogP contribution in [0.25, 0.3) is 5.65 Å². The van der Waals surface area contributed by atoms with E-state index in [2.05, 4.69) is 32.9 Å². The molecule has 1 aliphatic rings. The molecule has 20 heavy (non-hydrogen) atoms. The molecule has 1 fully saturated rings. The van der Waals surface area contributed by atoms with E-state index in [4.69, 9.17) is 5.11 Å². The second-order valence-corrected chi connectivity index (χ2v) is 5.11. The third kappa shape index (κ3) is 2.48. The summed E-state index contributed by atoms with van der Waals surface area (Å²) in [5.41, 5.74) is 2.02. The average molecular weight is 275 g/mol. The summed E-state index contributed by atoms with van der Waals surface area (Å²) in [5, 5.41) is 13.4. The molecule has 6 heteroatoms. The summed E-state index contributed by atoms with van der Waals surface area (Å²) in [7, 11) is 0. The predicted molar refractivity (Wildman–Crippen MR) is 78.1 cm³/mol. The fourth-order valence-corrected chi connectivity index (χ4v) is 2.70. The number of aliphatic hydroxyl groups is 1. The van der Waals surface area contributed by atoms with Gasteiger partial charge in [-0.15, -0.1) is 0 Å². The number of aromatic nitrogens is 3. The average Bonchev–Trinajstić information content (AvgIpc) is 2.95. The van der Waals surface area contributed by atoms with Crippen molar-refractivity contribution in [3.63, 3.8) is 0 Å². The van der Waals surface area contributed by atoms with Crippen LogP contribution in [0.15, 0.2) is 18.3 Å². The number of hydrogen-bond acceptors (Lipinski definition) is 5. The lowest BCUT2D eigenvalue weighted by Crippen LogP contribution is -2.47. The fraction of sp³-hybridized carbons (Fsp3) is 0.571. The van der Waals surface area contributed by atoms with E-state index in [0.29, 0.717) is 0 Å². The van der Waals surface area contributed by atoms with E-state index in [0.717, 1.165) is 56.3 Å². The number of anilines is 1. The molecule has 3 rings (SSSR count). The SMILES string of the molecule is CCc1cc(N2CCN(CCO)CC2)n2nccc2n1. The van der Waals surface area contributed by atoms with Crippen LogP contribution in [-0.4, -0.2) is 63.9 Å². The molecule has 3 heterocycles. The van der Waals surface area contributed by atoms with Gasteiger partial charge in [-0.25, -0.2) is 4.98 Å². The minimum Gasteiger partial charge on any atom is -0.395 e. The second-order valence-electron chi connectivity index (χ2n) is 5.11. The first-order valence-corrected chi connectivity index (χ1v) is 7.23. The highest BCUT2D eigenvalue weighted by Gasteiger charge is 2.19. The van der Waals surface area contributed by atoms with Gasteiger partial charge in [0.25, 0.3) is 0 Å². The van der Waals surface area contributed by atoms with Crippen molar-refractivity contribution in [2.75, 3.05) is 44.2 Å². The summed E-state index contributed by atoms with van der Waals surface area (Å²) in [5.74, 6) is 1.13. The molecule has 0 unspecified atom stereocenters. The van der Waals surface area contributed by atoms with E-state index >= 15 is 0 Å². The highest BCUT2D eigenvalue weighted by atomic mass is 16.3. The number of rotatable bonds is 4. The minimum absolute atomic E-state index is 0.235. The van der Waals surface area contributed by atoms with E-state index < -0.39 is 0 Å². The summed E-state index contributed by atoms with van der Waals surface area (Å²) in [4.78, 5) is 9.23. The first-order chi connectivity index (χ1) is 9.81. The fourth-order valence-electron chi connectivity index (χ4n) is 2.70. The van der Waals surface area contributed by atoms with Crippen molar-refractivity contribution in [3.05, 3.63) is 24.0 Å². The summed E-state index contributed by atoms with van der Waals surface area (Å²) in [6.07, 6.45) is 2.73. The largest absolute Gasteiger partial charge is 0.395 e. The Morgan fingerprint density at radius 3 is 2.75 bits per heavy atom. The zero-order valence-corrected chi connectivity index (χ0v) is 11.9. The van der Waals surface area contributed by atoms with Crippen LogP contribution in [0.4, 0.5) is 5.82 Å². The second kappa shape index (κ2) is 5.76. The molecule has 6 nitrogen and oxygen atoms in total. The monoisotopic (exact) mass is 275 g/mol. The molecule has 0 aliphatic carbocycles. The molecule has 0 amide bonds. The zero-order chi connectivity index (χ0) is 13.9. The molecule has 1 N–H and O–H groups in total. The number of fused-ring (bicyclic) bond motifs is 1. The van der Waals surface area contributed by atoms with Gasteiger partial charge in [-0.05, 0) is 6.42 Å². The third-order valence-electron chi connectivity index (χ3n) is 3.87. The van der Waals surface area contributed by atoms with Crippen molar-refractivity contribution >= 4 is 11.5 Å². The molecular weight excluding hydrogens is 254 g/mol. The van der Waals surface area contributed by atoms with Crippen LogP contribution in [0, 0.1) is 0 Å². The van der Waals surface area contributed by atoms with E-state index in [1.165, 1.54) is 0 Å². The number of aliphatic hydroxyl groups excluding tert-OH is 1. The number of β-amino-alcohol motifs (C(OH)–C–C–N with tert-alkyl or cyclic N) is 1. The lowest BCUT2D eigenvalue weighted by molar-refractivity contribution is 0.188. The van der Waals surface area contributed by atoms with Crippen molar-refractivity contribution in [2.24, 2.45) is 0 Å². The van der Waals surface area contributed by atoms with Gasteiger partial charge < -0.3 is 10.0 Å². The van der Waals surface area contributed by atoms with E-state index in [-0.39, 0.29) is 6.61 Å². The lowest BCUT2D eigenvalue weighted by atomic mass is 10.2. The first kappa shape index (κ1) is 13.3. The van der Waals surface area contributed by atoms with Gasteiger partial charge in [0.2, 0.25) is 0 Å². The van der Waals surface area contributed by atoms with Gasteiger partial charge in [-0.1, -0.05) is 6.92 Å². The number of nitrogens with zero attached hydrogens (tertiary/aromatic N) is 5. The van der Waals surface area contributed by atoms with Crippen LogP contribution in [0.3, 0.4) is 0 Å². The Hall–Kier alpha value is -1.66. The summed E-state index contributed by atoms with van der Waals surface area (Å²) in [6.45, 7) is 7.00. The maximum Gasteiger partial charge on any atom is 0.157 e. The summed E-state index contributed by atoms with van der Waals surface area (Å²) < 4.78 is 1.92. The molecule has 0 saturated carbocycles. The van der Waals surface area contributed by atoms with Crippen LogP contribution in [-0.2, 0) is 6.42 Å². The molecule has 0 aromatic carbocycles.